The Hall–Kier alpha value is -0.0600. The highest BCUT2D eigenvalue weighted by molar-refractivity contribution is 9.11. The molecule has 2 fully saturated rings. The molecule has 2 aliphatic carbocycles. The predicted molar refractivity (Wildman–Crippen MR) is 93.8 cm³/mol. The molecule has 1 N–H and O–H groups in total. The van der Waals surface area contributed by atoms with Crippen LogP contribution in [0, 0.1) is 0 Å². The summed E-state index contributed by atoms with van der Waals surface area (Å²) in [5, 5.41) is 3.55. The minimum Gasteiger partial charge on any atom is -0.488 e. The zero-order valence-electron chi connectivity index (χ0n) is 12.3. The van der Waals surface area contributed by atoms with Gasteiger partial charge in [0.2, 0.25) is 0 Å². The van der Waals surface area contributed by atoms with E-state index in [1.165, 1.54) is 56.9 Å². The van der Waals surface area contributed by atoms with Gasteiger partial charge in [-0.3, -0.25) is 0 Å². The van der Waals surface area contributed by atoms with Gasteiger partial charge in [0.25, 0.3) is 0 Å². The second-order valence-corrected chi connectivity index (χ2v) is 7.98. The molecule has 0 saturated heterocycles. The average Bonchev–Trinajstić information content (AvgIpc) is 3.28. The molecule has 2 aliphatic rings. The largest absolute Gasteiger partial charge is 0.488 e. The van der Waals surface area contributed by atoms with Crippen molar-refractivity contribution in [1.82, 2.24) is 5.32 Å². The third-order valence-corrected chi connectivity index (χ3v) is 5.50. The van der Waals surface area contributed by atoms with Crippen LogP contribution in [0.4, 0.5) is 0 Å². The Morgan fingerprint density at radius 1 is 0.952 bits per heavy atom. The Morgan fingerprint density at radius 3 is 2.14 bits per heavy atom. The maximum absolute atomic E-state index is 6.28. The highest BCUT2D eigenvalue weighted by Gasteiger charge is 2.21. The summed E-state index contributed by atoms with van der Waals surface area (Å²) in [6.07, 6.45) is 10.7. The van der Waals surface area contributed by atoms with Crippen molar-refractivity contribution in [3.63, 3.8) is 0 Å². The Balaban J connectivity index is 1.65. The third-order valence-electron chi connectivity index (χ3n) is 4.32. The van der Waals surface area contributed by atoms with Crippen LogP contribution in [0.15, 0.2) is 21.1 Å². The van der Waals surface area contributed by atoms with Gasteiger partial charge in [-0.2, -0.15) is 0 Å². The van der Waals surface area contributed by atoms with Crippen LogP contribution in [0.25, 0.3) is 0 Å². The molecule has 0 radical (unpaired) electrons. The highest BCUT2D eigenvalue weighted by atomic mass is 79.9. The molecule has 116 valence electrons. The summed E-state index contributed by atoms with van der Waals surface area (Å²) in [6, 6.07) is 5.11. The summed E-state index contributed by atoms with van der Waals surface area (Å²) in [4.78, 5) is 0. The fraction of sp³-hybridized carbons (Fsp3) is 0.647. The van der Waals surface area contributed by atoms with E-state index in [0.29, 0.717) is 6.10 Å². The van der Waals surface area contributed by atoms with E-state index in [0.717, 1.165) is 27.3 Å². The molecule has 0 bridgehead atoms. The minimum absolute atomic E-state index is 0.371. The number of hydrogen-bond donors (Lipinski definition) is 1. The quantitative estimate of drug-likeness (QED) is 0.633. The van der Waals surface area contributed by atoms with Gasteiger partial charge in [-0.25, -0.2) is 0 Å². The van der Waals surface area contributed by atoms with E-state index in [1.807, 2.05) is 0 Å². The first-order valence-corrected chi connectivity index (χ1v) is 9.69. The van der Waals surface area contributed by atoms with E-state index in [9.17, 15) is 0 Å². The molecule has 0 heterocycles. The smallest absolute Gasteiger partial charge is 0.148 e. The van der Waals surface area contributed by atoms with Gasteiger partial charge in [0, 0.05) is 12.6 Å². The predicted octanol–water partition coefficient (Wildman–Crippen LogP) is 5.57. The first-order valence-electron chi connectivity index (χ1n) is 8.10. The topological polar surface area (TPSA) is 21.3 Å². The van der Waals surface area contributed by atoms with Crippen molar-refractivity contribution in [1.29, 1.82) is 0 Å². The first-order chi connectivity index (χ1) is 10.2. The molecule has 0 spiro atoms. The molecule has 1 aromatic carbocycles. The number of ether oxygens (including phenoxy) is 1. The van der Waals surface area contributed by atoms with Crippen molar-refractivity contribution in [3.05, 3.63) is 26.6 Å². The van der Waals surface area contributed by atoms with Gasteiger partial charge < -0.3 is 10.1 Å². The molecular formula is C17H23Br2NO. The summed E-state index contributed by atoms with van der Waals surface area (Å²) < 4.78 is 8.40. The molecule has 0 aromatic heterocycles. The Morgan fingerprint density at radius 2 is 1.57 bits per heavy atom. The number of nitrogens with one attached hydrogen (secondary N) is 1. The normalized spacial score (nSPS) is 20.3. The Bertz CT molecular complexity index is 457. The molecular weight excluding hydrogens is 394 g/mol. The van der Waals surface area contributed by atoms with E-state index in [-0.39, 0.29) is 0 Å². The zero-order valence-corrected chi connectivity index (χ0v) is 15.5. The molecule has 0 unspecified atom stereocenters. The molecule has 4 heteroatoms. The summed E-state index contributed by atoms with van der Waals surface area (Å²) >= 11 is 7.37. The summed E-state index contributed by atoms with van der Waals surface area (Å²) in [6.45, 7) is 0.936. The van der Waals surface area contributed by atoms with Gasteiger partial charge in [-0.15, -0.1) is 0 Å². The van der Waals surface area contributed by atoms with E-state index in [1.54, 1.807) is 0 Å². The molecule has 0 aliphatic heterocycles. The lowest BCUT2D eigenvalue weighted by molar-refractivity contribution is 0.181. The molecule has 1 aromatic rings. The lowest BCUT2D eigenvalue weighted by Gasteiger charge is -2.20. The van der Waals surface area contributed by atoms with Gasteiger partial charge in [0.1, 0.15) is 5.75 Å². The summed E-state index contributed by atoms with van der Waals surface area (Å²) in [7, 11) is 0. The maximum Gasteiger partial charge on any atom is 0.148 e. The van der Waals surface area contributed by atoms with Crippen LogP contribution in [-0.2, 0) is 6.54 Å². The van der Waals surface area contributed by atoms with Crippen LogP contribution in [0.1, 0.15) is 56.9 Å². The summed E-state index contributed by atoms with van der Waals surface area (Å²) in [5.41, 5.74) is 1.30. The Kier molecular flexibility index (Phi) is 5.63. The van der Waals surface area contributed by atoms with Crippen molar-refractivity contribution in [2.75, 3.05) is 0 Å². The lowest BCUT2D eigenvalue weighted by atomic mass is 10.1. The fourth-order valence-corrected chi connectivity index (χ4v) is 4.37. The number of hydrogen-bond acceptors (Lipinski definition) is 2. The molecule has 2 saturated carbocycles. The van der Waals surface area contributed by atoms with Crippen LogP contribution in [0.3, 0.4) is 0 Å². The molecule has 0 atom stereocenters. The third kappa shape index (κ3) is 4.70. The van der Waals surface area contributed by atoms with Crippen molar-refractivity contribution >= 4 is 31.9 Å². The van der Waals surface area contributed by atoms with E-state index in [4.69, 9.17) is 4.74 Å². The van der Waals surface area contributed by atoms with E-state index < -0.39 is 0 Å². The van der Waals surface area contributed by atoms with Gasteiger partial charge in [0.15, 0.2) is 0 Å². The second kappa shape index (κ2) is 7.47. The van der Waals surface area contributed by atoms with Gasteiger partial charge in [-0.05, 0) is 88.1 Å². The number of benzene rings is 1. The highest BCUT2D eigenvalue weighted by Crippen LogP contribution is 2.37. The molecule has 21 heavy (non-hydrogen) atoms. The first kappa shape index (κ1) is 15.8. The Labute approximate surface area is 144 Å². The maximum atomic E-state index is 6.28. The lowest BCUT2D eigenvalue weighted by Crippen LogP contribution is -2.17. The standard InChI is InChI=1S/C17H23Br2NO/c18-15-9-12(11-20-13-7-8-13)10-16(19)17(15)21-14-5-3-1-2-4-6-14/h9-10,13-14,20H,1-8,11H2. The van der Waals surface area contributed by atoms with Crippen LogP contribution in [-0.4, -0.2) is 12.1 Å². The zero-order chi connectivity index (χ0) is 14.7. The van der Waals surface area contributed by atoms with Crippen LogP contribution in [0.2, 0.25) is 0 Å². The van der Waals surface area contributed by atoms with Gasteiger partial charge in [0.05, 0.1) is 15.0 Å². The van der Waals surface area contributed by atoms with Gasteiger partial charge >= 0.3 is 0 Å². The van der Waals surface area contributed by atoms with Crippen molar-refractivity contribution in [3.8, 4) is 5.75 Å². The molecule has 0 amide bonds. The van der Waals surface area contributed by atoms with Crippen molar-refractivity contribution < 1.29 is 4.74 Å². The average molecular weight is 417 g/mol. The van der Waals surface area contributed by atoms with Crippen LogP contribution >= 0.6 is 31.9 Å². The van der Waals surface area contributed by atoms with E-state index in [2.05, 4.69) is 49.3 Å². The van der Waals surface area contributed by atoms with Crippen molar-refractivity contribution in [2.45, 2.75) is 70.1 Å². The molecule has 3 rings (SSSR count). The van der Waals surface area contributed by atoms with Gasteiger partial charge in [-0.1, -0.05) is 12.8 Å². The van der Waals surface area contributed by atoms with Crippen molar-refractivity contribution in [2.24, 2.45) is 0 Å². The minimum atomic E-state index is 0.371. The number of rotatable bonds is 5. The van der Waals surface area contributed by atoms with Crippen LogP contribution < -0.4 is 10.1 Å². The van der Waals surface area contributed by atoms with Crippen LogP contribution in [0.5, 0.6) is 5.75 Å². The SMILES string of the molecule is Brc1cc(CNC2CC2)cc(Br)c1OC1CCCCCC1. The fourth-order valence-electron chi connectivity index (χ4n) is 2.90. The monoisotopic (exact) mass is 415 g/mol. The molecule has 2 nitrogen and oxygen atoms in total. The summed E-state index contributed by atoms with van der Waals surface area (Å²) in [5.74, 6) is 0.970. The second-order valence-electron chi connectivity index (χ2n) is 6.28. The number of halogens is 2. The van der Waals surface area contributed by atoms with E-state index >= 15 is 0 Å².